The van der Waals surface area contributed by atoms with Gasteiger partial charge in [-0.25, -0.2) is 4.98 Å². The van der Waals surface area contributed by atoms with E-state index in [0.717, 1.165) is 67.0 Å². The minimum atomic E-state index is 0.274. The molecule has 5 rings (SSSR count). The molecule has 7 heteroatoms. The van der Waals surface area contributed by atoms with Crippen LogP contribution in [0.2, 0.25) is 0 Å². The van der Waals surface area contributed by atoms with E-state index in [0.29, 0.717) is 12.5 Å². The van der Waals surface area contributed by atoms with Crippen molar-refractivity contribution in [3.8, 4) is 11.1 Å². The van der Waals surface area contributed by atoms with Gasteiger partial charge in [0.05, 0.1) is 17.3 Å². The number of anilines is 1. The first-order chi connectivity index (χ1) is 14.3. The molecule has 0 saturated carbocycles. The van der Waals surface area contributed by atoms with Crippen molar-refractivity contribution in [2.45, 2.75) is 25.3 Å². The summed E-state index contributed by atoms with van der Waals surface area (Å²) in [5, 5.41) is 11.7. The van der Waals surface area contributed by atoms with Crippen LogP contribution in [0, 0.1) is 0 Å². The lowest BCUT2D eigenvalue weighted by molar-refractivity contribution is -0.131. The summed E-state index contributed by atoms with van der Waals surface area (Å²) in [5.41, 5.74) is 4.20. The van der Waals surface area contributed by atoms with Crippen molar-refractivity contribution in [2.24, 2.45) is 0 Å². The van der Waals surface area contributed by atoms with Crippen molar-refractivity contribution >= 4 is 22.6 Å². The zero-order valence-electron chi connectivity index (χ0n) is 16.5. The van der Waals surface area contributed by atoms with Crippen LogP contribution in [0.25, 0.3) is 22.2 Å². The van der Waals surface area contributed by atoms with Gasteiger partial charge in [-0.15, -0.1) is 0 Å². The molecule has 2 saturated heterocycles. The molecule has 0 radical (unpaired) electrons. The van der Waals surface area contributed by atoms with E-state index >= 15 is 0 Å². The molecule has 0 aliphatic carbocycles. The number of hydrogen-bond donors (Lipinski definition) is 2. The van der Waals surface area contributed by atoms with Crippen LogP contribution in [0.3, 0.4) is 0 Å². The number of benzene rings is 1. The molecule has 0 spiro atoms. The molecular formula is C22H26N6O. The van der Waals surface area contributed by atoms with Crippen molar-refractivity contribution < 1.29 is 4.79 Å². The summed E-state index contributed by atoms with van der Waals surface area (Å²) in [4.78, 5) is 21.7. The Labute approximate surface area is 170 Å². The normalized spacial score (nSPS) is 19.8. The van der Waals surface area contributed by atoms with E-state index in [1.54, 1.807) is 0 Å². The van der Waals surface area contributed by atoms with Gasteiger partial charge < -0.3 is 15.1 Å². The second-order valence-electron chi connectivity index (χ2n) is 7.88. The molecule has 1 atom stereocenters. The van der Waals surface area contributed by atoms with Crippen molar-refractivity contribution in [3.63, 3.8) is 0 Å². The number of amides is 1. The molecule has 150 valence electrons. The van der Waals surface area contributed by atoms with Crippen LogP contribution < -0.4 is 10.2 Å². The van der Waals surface area contributed by atoms with Gasteiger partial charge in [-0.1, -0.05) is 30.3 Å². The number of pyridine rings is 1. The van der Waals surface area contributed by atoms with Crippen LogP contribution in [0.1, 0.15) is 19.3 Å². The fraction of sp³-hybridized carbons (Fsp3) is 0.409. The summed E-state index contributed by atoms with van der Waals surface area (Å²) in [7, 11) is 0. The van der Waals surface area contributed by atoms with Crippen LogP contribution in [-0.4, -0.2) is 64.8 Å². The second-order valence-corrected chi connectivity index (χ2v) is 7.88. The van der Waals surface area contributed by atoms with Crippen molar-refractivity contribution in [2.75, 3.05) is 37.6 Å². The molecule has 2 aromatic heterocycles. The maximum Gasteiger partial charge on any atom is 0.224 e. The van der Waals surface area contributed by atoms with Crippen molar-refractivity contribution in [3.05, 3.63) is 42.7 Å². The number of aromatic amines is 1. The first-order valence-electron chi connectivity index (χ1n) is 10.4. The van der Waals surface area contributed by atoms with Crippen molar-refractivity contribution in [1.82, 2.24) is 25.4 Å². The summed E-state index contributed by atoms with van der Waals surface area (Å²) in [5.74, 6) is 0.274. The van der Waals surface area contributed by atoms with Gasteiger partial charge in [0.1, 0.15) is 0 Å². The first kappa shape index (κ1) is 18.1. The highest BCUT2D eigenvalue weighted by atomic mass is 16.2. The molecule has 4 heterocycles. The third-order valence-electron chi connectivity index (χ3n) is 6.07. The molecule has 2 aliphatic heterocycles. The lowest BCUT2D eigenvalue weighted by atomic mass is 10.0. The molecular weight excluding hydrogens is 364 g/mol. The molecule has 2 aliphatic rings. The highest BCUT2D eigenvalue weighted by molar-refractivity contribution is 5.98. The fourth-order valence-corrected chi connectivity index (χ4v) is 4.51. The minimum absolute atomic E-state index is 0.274. The van der Waals surface area contributed by atoms with Crippen LogP contribution >= 0.6 is 0 Å². The van der Waals surface area contributed by atoms with Crippen LogP contribution in [0.5, 0.6) is 0 Å². The van der Waals surface area contributed by atoms with Gasteiger partial charge in [-0.3, -0.25) is 9.89 Å². The quantitative estimate of drug-likeness (QED) is 0.715. The molecule has 0 bridgehead atoms. The summed E-state index contributed by atoms with van der Waals surface area (Å²) in [6, 6.07) is 10.7. The van der Waals surface area contributed by atoms with Gasteiger partial charge in [-0.2, -0.15) is 5.10 Å². The number of carbonyl (C=O) groups excluding carboxylic acids is 1. The molecule has 1 aromatic carbocycles. The predicted molar refractivity (Wildman–Crippen MR) is 114 cm³/mol. The molecule has 0 unspecified atom stereocenters. The largest absolute Gasteiger partial charge is 0.367 e. The van der Waals surface area contributed by atoms with Gasteiger partial charge in [-0.05, 0) is 24.9 Å². The lowest BCUT2D eigenvalue weighted by Gasteiger charge is -2.37. The molecule has 2 fully saturated rings. The monoisotopic (exact) mass is 390 g/mol. The number of H-pyrrole nitrogens is 1. The highest BCUT2D eigenvalue weighted by Crippen LogP contribution is 2.36. The average molecular weight is 390 g/mol. The third-order valence-corrected chi connectivity index (χ3v) is 6.07. The smallest absolute Gasteiger partial charge is 0.224 e. The van der Waals surface area contributed by atoms with E-state index in [2.05, 4.69) is 37.5 Å². The maximum absolute atomic E-state index is 12.7. The summed E-state index contributed by atoms with van der Waals surface area (Å²) < 4.78 is 0. The Kier molecular flexibility index (Phi) is 4.89. The Bertz CT molecular complexity index is 987. The number of carbonyl (C=O) groups is 1. The number of nitrogens with one attached hydrogen (secondary N) is 2. The van der Waals surface area contributed by atoms with Crippen LogP contribution in [0.15, 0.2) is 42.7 Å². The predicted octanol–water partition coefficient (Wildman–Crippen LogP) is 2.42. The Morgan fingerprint density at radius 3 is 2.69 bits per heavy atom. The summed E-state index contributed by atoms with van der Waals surface area (Å²) >= 11 is 0. The molecule has 29 heavy (non-hydrogen) atoms. The van der Waals surface area contributed by atoms with Gasteiger partial charge in [0.2, 0.25) is 5.91 Å². The minimum Gasteiger partial charge on any atom is -0.367 e. The number of aromatic nitrogens is 3. The molecule has 1 amide bonds. The van der Waals surface area contributed by atoms with E-state index < -0.39 is 0 Å². The maximum atomic E-state index is 12.7. The van der Waals surface area contributed by atoms with E-state index in [1.165, 1.54) is 6.42 Å². The van der Waals surface area contributed by atoms with Crippen molar-refractivity contribution in [1.29, 1.82) is 0 Å². The Balaban J connectivity index is 1.37. The average Bonchev–Trinajstić information content (AvgIpc) is 3.45. The van der Waals surface area contributed by atoms with Gasteiger partial charge >= 0.3 is 0 Å². The zero-order valence-corrected chi connectivity index (χ0v) is 16.5. The topological polar surface area (TPSA) is 77.2 Å². The number of hydrogen-bond acceptors (Lipinski definition) is 5. The Hall–Kier alpha value is -2.93. The number of piperazine rings is 1. The zero-order chi connectivity index (χ0) is 19.6. The first-order valence-corrected chi connectivity index (χ1v) is 10.4. The third kappa shape index (κ3) is 3.58. The summed E-state index contributed by atoms with van der Waals surface area (Å²) in [6.07, 6.45) is 6.69. The van der Waals surface area contributed by atoms with E-state index in [-0.39, 0.29) is 5.91 Å². The lowest BCUT2D eigenvalue weighted by Crippen LogP contribution is -2.49. The fourth-order valence-electron chi connectivity index (χ4n) is 4.51. The number of rotatable bonds is 4. The van der Waals surface area contributed by atoms with Gasteiger partial charge in [0, 0.05) is 50.4 Å². The number of nitrogens with zero attached hydrogens (tertiary/aromatic N) is 4. The second kappa shape index (κ2) is 7.83. The standard InChI is InChI=1S/C22H26N6O/c29-20(13-17-7-4-8-23-17)27-9-11-28(12-10-27)21-18(16-5-2-1-3-6-16)14-24-22-19(21)15-25-26-22/h1-3,5-6,14-15,17,23H,4,7-13H2,(H,24,25,26)/t17-/m0/s1. The molecule has 2 N–H and O–H groups in total. The van der Waals surface area contributed by atoms with Gasteiger partial charge in [0.15, 0.2) is 5.65 Å². The SMILES string of the molecule is O=C(C[C@@H]1CCCN1)N1CCN(c2c(-c3ccccc3)cnc3[nH]ncc23)CC1. The Morgan fingerprint density at radius 2 is 1.93 bits per heavy atom. The summed E-state index contributed by atoms with van der Waals surface area (Å²) in [6.45, 7) is 4.17. The number of fused-ring (bicyclic) bond motifs is 1. The van der Waals surface area contributed by atoms with E-state index in [9.17, 15) is 4.79 Å². The highest BCUT2D eigenvalue weighted by Gasteiger charge is 2.27. The van der Waals surface area contributed by atoms with E-state index in [4.69, 9.17) is 0 Å². The molecule has 3 aromatic rings. The van der Waals surface area contributed by atoms with Crippen LogP contribution in [-0.2, 0) is 4.79 Å². The Morgan fingerprint density at radius 1 is 1.10 bits per heavy atom. The van der Waals surface area contributed by atoms with Crippen LogP contribution in [0.4, 0.5) is 5.69 Å². The van der Waals surface area contributed by atoms with Gasteiger partial charge in [0.25, 0.3) is 0 Å². The van der Waals surface area contributed by atoms with E-state index in [1.807, 2.05) is 35.5 Å². The molecule has 7 nitrogen and oxygen atoms in total.